The summed E-state index contributed by atoms with van der Waals surface area (Å²) in [5.41, 5.74) is 0.240. The van der Waals surface area contributed by atoms with Crippen LogP contribution in [0.4, 0.5) is 0 Å². The van der Waals surface area contributed by atoms with Crippen LogP contribution in [0.1, 0.15) is 83.8 Å². The second kappa shape index (κ2) is 14.9. The molecule has 1 unspecified atom stereocenters. The van der Waals surface area contributed by atoms with Crippen LogP contribution in [0.2, 0.25) is 0 Å². The highest BCUT2D eigenvalue weighted by atomic mass is 32.1. The summed E-state index contributed by atoms with van der Waals surface area (Å²) in [7, 11) is 0. The van der Waals surface area contributed by atoms with Gasteiger partial charge in [0.15, 0.2) is 18.6 Å². The highest BCUT2D eigenvalue weighted by molar-refractivity contribution is 7.10. The molecule has 5 rings (SSSR count). The zero-order chi connectivity index (χ0) is 33.0. The van der Waals surface area contributed by atoms with Gasteiger partial charge in [-0.25, -0.2) is 4.98 Å². The Bertz CT molecular complexity index is 1340. The number of thiazole rings is 1. The molecule has 0 aliphatic carbocycles. The van der Waals surface area contributed by atoms with Gasteiger partial charge in [0, 0.05) is 43.6 Å². The quantitative estimate of drug-likeness (QED) is 0.332. The van der Waals surface area contributed by atoms with Crippen molar-refractivity contribution < 1.29 is 33.9 Å². The van der Waals surface area contributed by atoms with Gasteiger partial charge in [-0.15, -0.1) is 11.3 Å². The average Bonchev–Trinajstić information content (AvgIpc) is 3.66. The zero-order valence-electron chi connectivity index (χ0n) is 27.5. The summed E-state index contributed by atoms with van der Waals surface area (Å²) >= 11 is 1.32. The fraction of sp³-hybridized carbons (Fsp3) is 0.697. The third-order valence-electron chi connectivity index (χ3n) is 8.49. The lowest BCUT2D eigenvalue weighted by Gasteiger charge is -2.54. The van der Waals surface area contributed by atoms with Crippen molar-refractivity contribution in [3.05, 3.63) is 22.2 Å². The molecule has 13 heteroatoms. The van der Waals surface area contributed by atoms with Crippen LogP contribution in [0.5, 0.6) is 0 Å². The molecule has 0 radical (unpaired) electrons. The number of hydrogen-bond acceptors (Lipinski definition) is 10. The van der Waals surface area contributed by atoms with E-state index in [0.717, 1.165) is 19.3 Å². The van der Waals surface area contributed by atoms with E-state index in [1.54, 1.807) is 16.4 Å². The molecule has 4 saturated heterocycles. The fourth-order valence-electron chi connectivity index (χ4n) is 6.43. The molecule has 0 bridgehead atoms. The second-order valence-corrected chi connectivity index (χ2v) is 14.9. The normalized spacial score (nSPS) is 27.8. The minimum atomic E-state index is -0.887. The van der Waals surface area contributed by atoms with Gasteiger partial charge < -0.3 is 19.6 Å². The van der Waals surface area contributed by atoms with Gasteiger partial charge in [-0.2, -0.15) is 10.1 Å². The lowest BCUT2D eigenvalue weighted by atomic mass is 9.85. The Morgan fingerprint density at radius 1 is 1.22 bits per heavy atom. The van der Waals surface area contributed by atoms with Crippen molar-refractivity contribution in [3.8, 4) is 11.8 Å². The Hall–Kier alpha value is -2.86. The maximum atomic E-state index is 14.3. The molecule has 252 valence electrons. The summed E-state index contributed by atoms with van der Waals surface area (Å²) in [6.45, 7) is 11.9. The molecule has 12 nitrogen and oxygen atoms in total. The first-order valence-corrected chi connectivity index (χ1v) is 17.2. The van der Waals surface area contributed by atoms with Crippen LogP contribution >= 0.6 is 11.3 Å². The van der Waals surface area contributed by atoms with Gasteiger partial charge >= 0.3 is 0 Å². The Morgan fingerprint density at radius 3 is 2.72 bits per heavy atom. The molecular weight excluding hydrogens is 610 g/mol. The van der Waals surface area contributed by atoms with Crippen LogP contribution in [0.25, 0.3) is 6.08 Å². The van der Waals surface area contributed by atoms with E-state index in [1.165, 1.54) is 22.5 Å². The first kappa shape index (κ1) is 34.5. The first-order chi connectivity index (χ1) is 21.9. The van der Waals surface area contributed by atoms with Crippen molar-refractivity contribution in [2.24, 2.45) is 11.3 Å². The third-order valence-corrected chi connectivity index (χ3v) is 9.30. The largest absolute Gasteiger partial charge is 0.384 e. The molecule has 4 aliphatic heterocycles. The number of hydrogen-bond donors (Lipinski definition) is 1. The van der Waals surface area contributed by atoms with E-state index >= 15 is 0 Å². The molecule has 1 aromatic heterocycles. The van der Waals surface area contributed by atoms with Crippen molar-refractivity contribution in [2.45, 2.75) is 104 Å². The number of fused-ring (bicyclic) bond motifs is 1. The highest BCUT2D eigenvalue weighted by Gasteiger charge is 2.54. The monoisotopic (exact) mass is 657 g/mol. The van der Waals surface area contributed by atoms with Gasteiger partial charge in [-0.1, -0.05) is 40.5 Å². The van der Waals surface area contributed by atoms with Crippen molar-refractivity contribution in [1.29, 1.82) is 0 Å². The maximum absolute atomic E-state index is 14.3. The molecule has 1 aromatic rings. The van der Waals surface area contributed by atoms with Gasteiger partial charge in [0.25, 0.3) is 11.8 Å². The number of rotatable bonds is 8. The van der Waals surface area contributed by atoms with E-state index in [2.05, 4.69) is 37.6 Å². The number of piperazine rings is 1. The molecule has 5 atom stereocenters. The van der Waals surface area contributed by atoms with Crippen molar-refractivity contribution in [1.82, 2.24) is 24.9 Å². The van der Waals surface area contributed by atoms with Crippen LogP contribution in [0.15, 0.2) is 11.5 Å². The van der Waals surface area contributed by atoms with Gasteiger partial charge in [-0.3, -0.25) is 24.1 Å². The third kappa shape index (κ3) is 8.34. The number of carbonyl (C=O) groups excluding carboxylic acids is 3. The molecule has 3 amide bonds. The highest BCUT2D eigenvalue weighted by Crippen LogP contribution is 2.36. The fourth-order valence-corrected chi connectivity index (χ4v) is 7.07. The van der Waals surface area contributed by atoms with E-state index in [9.17, 15) is 14.4 Å². The summed E-state index contributed by atoms with van der Waals surface area (Å²) in [6.07, 6.45) is 5.52. The molecule has 4 fully saturated rings. The van der Waals surface area contributed by atoms with Gasteiger partial charge in [0.1, 0.15) is 23.4 Å². The number of amides is 3. The first-order valence-electron chi connectivity index (χ1n) is 16.3. The van der Waals surface area contributed by atoms with E-state index in [-0.39, 0.29) is 48.6 Å². The Kier molecular flexibility index (Phi) is 11.2. The van der Waals surface area contributed by atoms with Crippen LogP contribution in [-0.2, 0) is 28.8 Å². The van der Waals surface area contributed by atoms with Crippen molar-refractivity contribution in [3.63, 3.8) is 0 Å². The number of nitrogens with zero attached hydrogens (tertiary/aromatic N) is 5. The van der Waals surface area contributed by atoms with E-state index < -0.39 is 24.2 Å². The Labute approximate surface area is 275 Å². The van der Waals surface area contributed by atoms with Crippen LogP contribution in [0, 0.1) is 23.2 Å². The minimum absolute atomic E-state index is 0.104. The summed E-state index contributed by atoms with van der Waals surface area (Å²) < 4.78 is 5.77. The zero-order valence-corrected chi connectivity index (χ0v) is 28.3. The molecule has 0 spiro atoms. The standard InChI is InChI=1S/C33H47N5O7S/c1-22(2)17-26-32(42)37-25(18-33(3,4)5)31(41)36(24-13-14-35(19-24)45-30-10-6-7-16-43-30)20-28(37)38(44-26)29(40)12-11-27-34-23(21-46-27)9-8-15-39/h11-12,21-22,24-26,28,30,39H,6-7,10,13-20H2,1-5H3/b12-11+/t24-,25+,26-,28+,30?/m1/s1. The van der Waals surface area contributed by atoms with Crippen molar-refractivity contribution in [2.75, 3.05) is 32.8 Å². The van der Waals surface area contributed by atoms with E-state index in [4.69, 9.17) is 19.5 Å². The molecule has 5 heterocycles. The minimum Gasteiger partial charge on any atom is -0.384 e. The summed E-state index contributed by atoms with van der Waals surface area (Å²) in [5.74, 6) is 4.65. The predicted molar refractivity (Wildman–Crippen MR) is 171 cm³/mol. The average molecular weight is 658 g/mol. The van der Waals surface area contributed by atoms with Crippen LogP contribution < -0.4 is 0 Å². The molecule has 0 saturated carbocycles. The number of aliphatic hydroxyl groups excluding tert-OH is 1. The smallest absolute Gasteiger partial charge is 0.272 e. The predicted octanol–water partition coefficient (Wildman–Crippen LogP) is 3.02. The van der Waals surface area contributed by atoms with Crippen LogP contribution in [-0.4, -0.2) is 111 Å². The van der Waals surface area contributed by atoms with E-state index in [0.29, 0.717) is 49.7 Å². The Balaban J connectivity index is 1.41. The number of ether oxygens (including phenoxy) is 1. The number of hydroxylamine groups is 4. The molecular formula is C33H47N5O7S. The van der Waals surface area contributed by atoms with Crippen LogP contribution in [0.3, 0.4) is 0 Å². The SMILES string of the molecule is CC(C)C[C@H]1ON(C(=O)/C=C/c2nc(C#CCO)cs2)[C@H]2CN([C@@H]3CCN(OC4CCCCO4)C3)C(=O)[C@H](CC(C)(C)C)N2C1=O. The summed E-state index contributed by atoms with van der Waals surface area (Å²) in [4.78, 5) is 62.5. The Morgan fingerprint density at radius 2 is 2.02 bits per heavy atom. The lowest BCUT2D eigenvalue weighted by Crippen LogP contribution is -2.74. The van der Waals surface area contributed by atoms with Gasteiger partial charge in [0.2, 0.25) is 5.91 Å². The van der Waals surface area contributed by atoms with Gasteiger partial charge in [0.05, 0.1) is 6.54 Å². The number of carbonyl (C=O) groups is 3. The second-order valence-electron chi connectivity index (χ2n) is 14.0. The molecule has 46 heavy (non-hydrogen) atoms. The summed E-state index contributed by atoms with van der Waals surface area (Å²) in [5, 5.41) is 14.5. The summed E-state index contributed by atoms with van der Waals surface area (Å²) in [6, 6.07) is -0.891. The molecule has 4 aliphatic rings. The topological polar surface area (TPSA) is 125 Å². The lowest BCUT2D eigenvalue weighted by molar-refractivity contribution is -0.285. The number of aliphatic hydroxyl groups is 1. The van der Waals surface area contributed by atoms with E-state index in [1.807, 2.05) is 23.8 Å². The maximum Gasteiger partial charge on any atom is 0.272 e. The van der Waals surface area contributed by atoms with Crippen molar-refractivity contribution >= 4 is 35.1 Å². The molecule has 1 N–H and O–H groups in total. The number of aromatic nitrogens is 1. The molecule has 0 aromatic carbocycles. The van der Waals surface area contributed by atoms with Gasteiger partial charge in [-0.05, 0) is 55.4 Å².